The molecule has 4 saturated carbocycles. The Morgan fingerprint density at radius 2 is 1.44 bits per heavy atom. The number of ether oxygens (including phenoxy) is 8. The molecule has 4 aliphatic carbocycles. The molecule has 5 fully saturated rings. The minimum Gasteiger partial charge on any atom is -0.467 e. The molecule has 0 spiro atoms. The van der Waals surface area contributed by atoms with Crippen LogP contribution in [0.25, 0.3) is 0 Å². The van der Waals surface area contributed by atoms with Gasteiger partial charge in [0.05, 0.1) is 17.9 Å². The smallest absolute Gasteiger partial charge is 0.342 e. The van der Waals surface area contributed by atoms with Crippen molar-refractivity contribution in [1.82, 2.24) is 0 Å². The summed E-state index contributed by atoms with van der Waals surface area (Å²) in [6.07, 6.45) is -2.96. The van der Waals surface area contributed by atoms with Gasteiger partial charge in [-0.2, -0.15) is 0 Å². The van der Waals surface area contributed by atoms with Crippen LogP contribution in [0.2, 0.25) is 0 Å². The second kappa shape index (κ2) is 13.4. The van der Waals surface area contributed by atoms with E-state index in [2.05, 4.69) is 6.58 Å². The topological polar surface area (TPSA) is 197 Å². The molecule has 0 aromatic rings. The van der Waals surface area contributed by atoms with E-state index in [1.54, 1.807) is 19.9 Å². The van der Waals surface area contributed by atoms with E-state index in [4.69, 9.17) is 37.9 Å². The third-order valence-corrected chi connectivity index (χ3v) is 14.4. The molecule has 0 aromatic heterocycles. The zero-order chi connectivity index (χ0) is 40.8. The van der Waals surface area contributed by atoms with Crippen molar-refractivity contribution < 1.29 is 71.5 Å². The number of rotatable bonds is 7. The average Bonchev–Trinajstić information content (AvgIpc) is 3.87. The van der Waals surface area contributed by atoms with Crippen LogP contribution in [0.4, 0.5) is 0 Å². The summed E-state index contributed by atoms with van der Waals surface area (Å²) in [6, 6.07) is 0. The molecule has 0 radical (unpaired) electrons. The first-order chi connectivity index (χ1) is 25.6. The van der Waals surface area contributed by atoms with Crippen LogP contribution in [0.3, 0.4) is 0 Å². The van der Waals surface area contributed by atoms with Crippen LogP contribution in [-0.4, -0.2) is 97.7 Å². The van der Waals surface area contributed by atoms with E-state index in [0.717, 1.165) is 0 Å². The number of hydrogen-bond acceptors (Lipinski definition) is 15. The van der Waals surface area contributed by atoms with Crippen LogP contribution >= 0.6 is 0 Å². The van der Waals surface area contributed by atoms with E-state index >= 15 is 0 Å². The summed E-state index contributed by atoms with van der Waals surface area (Å²) in [5.41, 5.74) is -5.82. The quantitative estimate of drug-likeness (QED) is 0.158. The van der Waals surface area contributed by atoms with Crippen LogP contribution in [0, 0.1) is 45.3 Å². The van der Waals surface area contributed by atoms with Crippen molar-refractivity contribution in [3.05, 3.63) is 24.3 Å². The lowest BCUT2D eigenvalue weighted by Crippen LogP contribution is -2.78. The Labute approximate surface area is 320 Å². The molecular formula is C40H52O15. The predicted molar refractivity (Wildman–Crippen MR) is 187 cm³/mol. The molecular weight excluding hydrogens is 720 g/mol. The van der Waals surface area contributed by atoms with Crippen LogP contribution in [0.5, 0.6) is 0 Å². The number of cyclic esters (lactones) is 1. The SMILES string of the molecule is C=C1C[C@@]2(C)[C@@H]3CC[C@]4(C)[C@@H](C3C(OC(C)=O)[C@H](OC(C)=O)[C@@]2(C)[C@]2(C(=O)OC)O[C@H]12)[C@H](OC(C)=O)[C@H](OC(C)=O)[C@@]1(C(C)OC(C)=O)COC(=O)C=C[C@@H]41. The van der Waals surface area contributed by atoms with Crippen LogP contribution in [0.1, 0.15) is 81.6 Å². The largest absolute Gasteiger partial charge is 0.467 e. The number of fused-ring (bicyclic) bond motifs is 9. The van der Waals surface area contributed by atoms with Crippen LogP contribution in [-0.2, 0) is 71.5 Å². The highest BCUT2D eigenvalue weighted by Gasteiger charge is 2.88. The van der Waals surface area contributed by atoms with Gasteiger partial charge < -0.3 is 37.9 Å². The van der Waals surface area contributed by atoms with E-state index < -0.39 is 129 Å². The van der Waals surface area contributed by atoms with Gasteiger partial charge in [-0.05, 0) is 54.4 Å². The normalized spacial score (nSPS) is 44.1. The first-order valence-electron chi connectivity index (χ1n) is 18.7. The molecule has 3 unspecified atom stereocenters. The van der Waals surface area contributed by atoms with Crippen molar-refractivity contribution in [2.75, 3.05) is 13.7 Å². The fourth-order valence-electron chi connectivity index (χ4n) is 12.5. The van der Waals surface area contributed by atoms with Gasteiger partial charge in [0.15, 0.2) is 6.10 Å². The highest BCUT2D eigenvalue weighted by Crippen LogP contribution is 2.78. The second-order valence-corrected chi connectivity index (χ2v) is 17.0. The summed E-state index contributed by atoms with van der Waals surface area (Å²) in [7, 11) is 1.24. The highest BCUT2D eigenvalue weighted by atomic mass is 16.7. The number of carbonyl (C=O) groups is 7. The molecule has 0 amide bonds. The van der Waals surface area contributed by atoms with E-state index in [0.29, 0.717) is 24.8 Å². The highest BCUT2D eigenvalue weighted by molar-refractivity contribution is 5.87. The van der Waals surface area contributed by atoms with Crippen LogP contribution < -0.4 is 0 Å². The molecule has 15 nitrogen and oxygen atoms in total. The van der Waals surface area contributed by atoms with E-state index in [-0.39, 0.29) is 6.61 Å². The van der Waals surface area contributed by atoms with E-state index in [9.17, 15) is 33.6 Å². The zero-order valence-electron chi connectivity index (χ0n) is 33.1. The minimum absolute atomic E-state index is 0.326. The zero-order valence-corrected chi connectivity index (χ0v) is 33.1. The maximum absolute atomic E-state index is 14.0. The molecule has 6 aliphatic rings. The fourth-order valence-corrected chi connectivity index (χ4v) is 12.5. The molecule has 2 aliphatic heterocycles. The Bertz CT molecular complexity index is 1750. The molecule has 1 saturated heterocycles. The second-order valence-electron chi connectivity index (χ2n) is 17.0. The van der Waals surface area contributed by atoms with Gasteiger partial charge in [-0.1, -0.05) is 33.4 Å². The molecule has 15 atom stereocenters. The average molecular weight is 773 g/mol. The molecule has 2 heterocycles. The summed E-state index contributed by atoms with van der Waals surface area (Å²) >= 11 is 0. The summed E-state index contributed by atoms with van der Waals surface area (Å²) in [5, 5.41) is 0. The molecule has 0 N–H and O–H groups in total. The number of hydrogen-bond donors (Lipinski definition) is 0. The monoisotopic (exact) mass is 772 g/mol. The van der Waals surface area contributed by atoms with Gasteiger partial charge in [-0.3, -0.25) is 24.0 Å². The summed E-state index contributed by atoms with van der Waals surface area (Å²) in [4.78, 5) is 92.5. The van der Waals surface area contributed by atoms with Gasteiger partial charge >= 0.3 is 41.8 Å². The molecule has 302 valence electrons. The first kappa shape index (κ1) is 40.4. The van der Waals surface area contributed by atoms with Gasteiger partial charge in [-0.25, -0.2) is 9.59 Å². The number of epoxide rings is 1. The summed E-state index contributed by atoms with van der Waals surface area (Å²) in [5.74, 6) is -7.74. The number of methoxy groups -OCH3 is 1. The third-order valence-electron chi connectivity index (χ3n) is 14.4. The van der Waals surface area contributed by atoms with Gasteiger partial charge in [0, 0.05) is 52.5 Å². The van der Waals surface area contributed by atoms with Crippen molar-refractivity contribution >= 4 is 41.8 Å². The molecule has 55 heavy (non-hydrogen) atoms. The lowest BCUT2D eigenvalue weighted by Gasteiger charge is -2.72. The Hall–Kier alpha value is -4.27. The molecule has 0 aromatic carbocycles. The van der Waals surface area contributed by atoms with Crippen LogP contribution in [0.15, 0.2) is 24.3 Å². The Balaban J connectivity index is 1.68. The standard InChI is InChI=1S/C40H52O15/c1-18-16-37(9)25-14-15-36(8)26-12-13-27(46)49-17-39(26,19(2)50-20(3)41)34(54-24(7)45)31(52-22(5)43)29(36)28(25)30(51-21(4)42)33(53-23(6)44)38(37,10)40(32(18)55-40)35(47)48-11/h12-13,19,25-26,28-34H,1,14-17H2,2-11H3/t19?,25-,26+,28?,29+,30?,31+,32-,33+,34+,36+,37+,38-,39-,40+/m1/s1. The van der Waals surface area contributed by atoms with Crippen molar-refractivity contribution in [3.63, 3.8) is 0 Å². The van der Waals surface area contributed by atoms with Gasteiger partial charge in [0.2, 0.25) is 5.60 Å². The number of allylic oxidation sites excluding steroid dienone is 1. The summed E-state index contributed by atoms with van der Waals surface area (Å²) < 4.78 is 48.3. The van der Waals surface area contributed by atoms with Gasteiger partial charge in [0.1, 0.15) is 37.1 Å². The predicted octanol–water partition coefficient (Wildman–Crippen LogP) is 3.34. The fraction of sp³-hybridized carbons (Fsp3) is 0.725. The van der Waals surface area contributed by atoms with Crippen molar-refractivity contribution in [1.29, 1.82) is 0 Å². The molecule has 0 bridgehead atoms. The Morgan fingerprint density at radius 1 is 0.855 bits per heavy atom. The minimum atomic E-state index is -1.64. The molecule has 6 rings (SSSR count). The Kier molecular flexibility index (Phi) is 9.87. The number of esters is 7. The third kappa shape index (κ3) is 5.56. The maximum Gasteiger partial charge on any atom is 0.342 e. The lowest BCUT2D eigenvalue weighted by atomic mass is 9.33. The Morgan fingerprint density at radius 3 is 2.00 bits per heavy atom. The maximum atomic E-state index is 14.0. The number of carbonyl (C=O) groups excluding carboxylic acids is 7. The van der Waals surface area contributed by atoms with Crippen molar-refractivity contribution in [3.8, 4) is 0 Å². The summed E-state index contributed by atoms with van der Waals surface area (Å²) in [6.45, 7) is 17.4. The van der Waals surface area contributed by atoms with Gasteiger partial charge in [0.25, 0.3) is 0 Å². The van der Waals surface area contributed by atoms with Crippen molar-refractivity contribution in [2.45, 2.75) is 124 Å². The van der Waals surface area contributed by atoms with E-state index in [1.807, 2.05) is 13.8 Å². The van der Waals surface area contributed by atoms with E-state index in [1.165, 1.54) is 47.8 Å². The lowest BCUT2D eigenvalue weighted by molar-refractivity contribution is -0.315. The van der Waals surface area contributed by atoms with Gasteiger partial charge in [-0.15, -0.1) is 0 Å². The first-order valence-corrected chi connectivity index (χ1v) is 18.7. The molecule has 15 heteroatoms. The van der Waals surface area contributed by atoms with Crippen molar-refractivity contribution in [2.24, 2.45) is 45.3 Å².